The van der Waals surface area contributed by atoms with Gasteiger partial charge in [-0.05, 0) is 83.3 Å². The van der Waals surface area contributed by atoms with E-state index in [1.54, 1.807) is 0 Å². The van der Waals surface area contributed by atoms with E-state index in [2.05, 4.69) is 49.4 Å². The van der Waals surface area contributed by atoms with Crippen molar-refractivity contribution in [3.63, 3.8) is 0 Å². The molecule has 1 aliphatic heterocycles. The molecule has 0 aliphatic carbocycles. The van der Waals surface area contributed by atoms with Gasteiger partial charge < -0.3 is 19.3 Å². The van der Waals surface area contributed by atoms with Crippen molar-refractivity contribution in [2.45, 2.75) is 272 Å². The number of piperazine rings is 1. The fraction of sp³-hybridized carbons (Fsp3) is 0.965. The van der Waals surface area contributed by atoms with Crippen molar-refractivity contribution in [3.05, 3.63) is 0 Å². The molecule has 2 unspecified atom stereocenters. The molecular formula is C57H113N3O4. The van der Waals surface area contributed by atoms with Gasteiger partial charge >= 0.3 is 11.9 Å². The van der Waals surface area contributed by atoms with E-state index < -0.39 is 0 Å². The molecule has 0 spiro atoms. The lowest BCUT2D eigenvalue weighted by molar-refractivity contribution is -0.146. The molecule has 0 saturated carbocycles. The van der Waals surface area contributed by atoms with Gasteiger partial charge in [-0.25, -0.2) is 0 Å². The summed E-state index contributed by atoms with van der Waals surface area (Å²) in [5, 5.41) is 0. The smallest absolute Gasteiger partial charge is 0.305 e. The molecule has 0 aromatic heterocycles. The van der Waals surface area contributed by atoms with Crippen LogP contribution in [0.25, 0.3) is 0 Å². The number of likely N-dealkylation sites (N-methyl/N-ethyl adjacent to an activating group) is 1. The summed E-state index contributed by atoms with van der Waals surface area (Å²) in [6, 6.07) is 0. The van der Waals surface area contributed by atoms with E-state index in [1.807, 2.05) is 0 Å². The van der Waals surface area contributed by atoms with Gasteiger partial charge in [-0.15, -0.1) is 0 Å². The third kappa shape index (κ3) is 39.9. The molecule has 380 valence electrons. The number of esters is 2. The maximum atomic E-state index is 13.0. The Hall–Kier alpha value is -1.18. The molecule has 0 aromatic carbocycles. The SMILES string of the molecule is CCCCCCCCCCC(CCCCCCCC)COC(=O)CCCCN(CCCCC(=O)OCC(CCCCCCCC)CCCCCCCCCC)CCN1CCN(C)CC1. The summed E-state index contributed by atoms with van der Waals surface area (Å²) < 4.78 is 12.0. The number of carbonyl (C=O) groups excluding carboxylic acids is 2. The average Bonchev–Trinajstić information content (AvgIpc) is 3.30. The molecule has 7 nitrogen and oxygen atoms in total. The van der Waals surface area contributed by atoms with Crippen molar-refractivity contribution >= 4 is 11.9 Å². The van der Waals surface area contributed by atoms with E-state index in [-0.39, 0.29) is 11.9 Å². The first kappa shape index (κ1) is 60.8. The van der Waals surface area contributed by atoms with Gasteiger partial charge in [-0.1, -0.05) is 207 Å². The van der Waals surface area contributed by atoms with E-state index in [9.17, 15) is 9.59 Å². The third-order valence-corrected chi connectivity index (χ3v) is 14.4. The highest BCUT2D eigenvalue weighted by atomic mass is 16.5. The second-order valence-corrected chi connectivity index (χ2v) is 20.6. The lowest BCUT2D eigenvalue weighted by Crippen LogP contribution is -2.47. The minimum atomic E-state index is -0.00149. The van der Waals surface area contributed by atoms with Gasteiger partial charge in [-0.2, -0.15) is 0 Å². The molecule has 1 aliphatic rings. The van der Waals surface area contributed by atoms with Crippen LogP contribution in [0.4, 0.5) is 0 Å². The summed E-state index contributed by atoms with van der Waals surface area (Å²) >= 11 is 0. The zero-order valence-corrected chi connectivity index (χ0v) is 44.1. The van der Waals surface area contributed by atoms with Crippen LogP contribution in [0.5, 0.6) is 0 Å². The van der Waals surface area contributed by atoms with Crippen LogP contribution >= 0.6 is 0 Å². The molecule has 0 N–H and O–H groups in total. The molecule has 7 heteroatoms. The third-order valence-electron chi connectivity index (χ3n) is 14.4. The number of unbranched alkanes of at least 4 members (excludes halogenated alkanes) is 26. The summed E-state index contributed by atoms with van der Waals surface area (Å²) in [7, 11) is 2.22. The van der Waals surface area contributed by atoms with Crippen molar-refractivity contribution in [2.24, 2.45) is 11.8 Å². The average molecular weight is 905 g/mol. The number of carbonyl (C=O) groups is 2. The maximum Gasteiger partial charge on any atom is 0.305 e. The maximum absolute atomic E-state index is 13.0. The van der Waals surface area contributed by atoms with Gasteiger partial charge in [-0.3, -0.25) is 14.5 Å². The van der Waals surface area contributed by atoms with E-state index in [1.165, 1.54) is 205 Å². The van der Waals surface area contributed by atoms with E-state index in [4.69, 9.17) is 9.47 Å². The zero-order valence-electron chi connectivity index (χ0n) is 44.1. The Bertz CT molecular complexity index is 924. The Morgan fingerprint density at radius 2 is 0.719 bits per heavy atom. The second-order valence-electron chi connectivity index (χ2n) is 20.6. The first-order valence-electron chi connectivity index (χ1n) is 28.9. The van der Waals surface area contributed by atoms with E-state index in [0.717, 1.165) is 78.0 Å². The normalized spacial score (nSPS) is 14.7. The van der Waals surface area contributed by atoms with Crippen molar-refractivity contribution in [1.29, 1.82) is 0 Å². The van der Waals surface area contributed by atoms with Crippen LogP contribution in [0.1, 0.15) is 272 Å². The molecule has 0 radical (unpaired) electrons. The molecule has 2 atom stereocenters. The van der Waals surface area contributed by atoms with Crippen LogP contribution in [0.15, 0.2) is 0 Å². The lowest BCUT2D eigenvalue weighted by Gasteiger charge is -2.34. The number of ether oxygens (including phenoxy) is 2. The van der Waals surface area contributed by atoms with Crippen molar-refractivity contribution in [1.82, 2.24) is 14.7 Å². The highest BCUT2D eigenvalue weighted by molar-refractivity contribution is 5.69. The van der Waals surface area contributed by atoms with Gasteiger partial charge in [0.2, 0.25) is 0 Å². The molecule has 0 bridgehead atoms. The second kappa shape index (κ2) is 46.9. The topological polar surface area (TPSA) is 62.3 Å². The van der Waals surface area contributed by atoms with Crippen molar-refractivity contribution < 1.29 is 19.1 Å². The largest absolute Gasteiger partial charge is 0.465 e. The summed E-state index contributed by atoms with van der Waals surface area (Å²) in [6.07, 6.45) is 47.1. The van der Waals surface area contributed by atoms with Crippen LogP contribution in [-0.4, -0.2) is 99.3 Å². The van der Waals surface area contributed by atoms with Crippen LogP contribution < -0.4 is 0 Å². The molecular weight excluding hydrogens is 791 g/mol. The summed E-state index contributed by atoms with van der Waals surface area (Å²) in [5.74, 6) is 1.03. The summed E-state index contributed by atoms with van der Waals surface area (Å²) in [5.41, 5.74) is 0. The summed E-state index contributed by atoms with van der Waals surface area (Å²) in [4.78, 5) is 33.6. The Kier molecular flexibility index (Phi) is 44.6. The number of rotatable bonds is 49. The Balaban J connectivity index is 2.53. The van der Waals surface area contributed by atoms with Gasteiger partial charge in [0.05, 0.1) is 13.2 Å². The lowest BCUT2D eigenvalue weighted by atomic mass is 9.94. The van der Waals surface area contributed by atoms with E-state index in [0.29, 0.717) is 37.9 Å². The molecule has 1 saturated heterocycles. The molecule has 1 heterocycles. The number of hydrogen-bond acceptors (Lipinski definition) is 7. The van der Waals surface area contributed by atoms with E-state index >= 15 is 0 Å². The first-order chi connectivity index (χ1) is 31.4. The number of nitrogens with zero attached hydrogens (tertiary/aromatic N) is 3. The molecule has 1 rings (SSSR count). The fourth-order valence-corrected chi connectivity index (χ4v) is 9.65. The van der Waals surface area contributed by atoms with Crippen LogP contribution in [0, 0.1) is 11.8 Å². The highest BCUT2D eigenvalue weighted by Gasteiger charge is 2.17. The van der Waals surface area contributed by atoms with Gasteiger partial charge in [0, 0.05) is 52.1 Å². The monoisotopic (exact) mass is 904 g/mol. The summed E-state index contributed by atoms with van der Waals surface area (Å²) in [6.45, 7) is 19.1. The van der Waals surface area contributed by atoms with Crippen LogP contribution in [0.2, 0.25) is 0 Å². The predicted octanol–water partition coefficient (Wildman–Crippen LogP) is 15.8. The zero-order chi connectivity index (χ0) is 46.4. The van der Waals surface area contributed by atoms with Gasteiger partial charge in [0.25, 0.3) is 0 Å². The minimum absolute atomic E-state index is 0.00149. The fourth-order valence-electron chi connectivity index (χ4n) is 9.65. The molecule has 1 fully saturated rings. The predicted molar refractivity (Wildman–Crippen MR) is 277 cm³/mol. The first-order valence-corrected chi connectivity index (χ1v) is 28.9. The number of hydrogen-bond donors (Lipinski definition) is 0. The quantitative estimate of drug-likeness (QED) is 0.0445. The minimum Gasteiger partial charge on any atom is -0.465 e. The van der Waals surface area contributed by atoms with Gasteiger partial charge in [0.15, 0.2) is 0 Å². The standard InChI is InChI=1S/C57H113N3O4/c1-6-10-14-18-22-24-28-32-40-54(38-30-26-20-16-12-8-3)52-63-56(61)42-34-36-44-59(50-51-60-48-46-58(5)47-49-60)45-37-35-43-57(62)64-53-55(39-31-27-21-17-13-9-4)41-33-29-25-23-19-15-11-7-2/h54-55H,6-53H2,1-5H3. The van der Waals surface area contributed by atoms with Crippen LogP contribution in [0.3, 0.4) is 0 Å². The Morgan fingerprint density at radius 3 is 1.05 bits per heavy atom. The molecule has 64 heavy (non-hydrogen) atoms. The Morgan fingerprint density at radius 1 is 0.406 bits per heavy atom. The van der Waals surface area contributed by atoms with Gasteiger partial charge in [0.1, 0.15) is 0 Å². The highest BCUT2D eigenvalue weighted by Crippen LogP contribution is 2.22. The molecule has 0 amide bonds. The Labute approximate surface area is 400 Å². The van der Waals surface area contributed by atoms with Crippen LogP contribution in [-0.2, 0) is 19.1 Å². The van der Waals surface area contributed by atoms with Crippen molar-refractivity contribution in [2.75, 3.05) is 72.6 Å². The van der Waals surface area contributed by atoms with Crippen molar-refractivity contribution in [3.8, 4) is 0 Å². The molecule has 0 aromatic rings.